The van der Waals surface area contributed by atoms with Crippen LogP contribution < -0.4 is 4.90 Å². The topological polar surface area (TPSA) is 92.7 Å². The van der Waals surface area contributed by atoms with Crippen molar-refractivity contribution in [1.82, 2.24) is 29.9 Å². The van der Waals surface area contributed by atoms with Crippen LogP contribution in [0.2, 0.25) is 0 Å². The van der Waals surface area contributed by atoms with Crippen molar-refractivity contribution < 1.29 is 9.13 Å². The first-order valence-corrected chi connectivity index (χ1v) is 11.2. The number of morpholine rings is 1. The van der Waals surface area contributed by atoms with Gasteiger partial charge in [-0.15, -0.1) is 0 Å². The van der Waals surface area contributed by atoms with Crippen LogP contribution in [0, 0.1) is 5.82 Å². The highest BCUT2D eigenvalue weighted by molar-refractivity contribution is 5.94. The van der Waals surface area contributed by atoms with Gasteiger partial charge in [0.1, 0.15) is 24.0 Å². The number of fused-ring (bicyclic) bond motifs is 2. The van der Waals surface area contributed by atoms with Crippen molar-refractivity contribution in [2.45, 2.75) is 12.8 Å². The molecule has 0 aliphatic carbocycles. The summed E-state index contributed by atoms with van der Waals surface area (Å²) in [4.78, 5) is 27.2. The van der Waals surface area contributed by atoms with Crippen LogP contribution in [0.1, 0.15) is 24.1 Å². The third-order valence-electron chi connectivity index (χ3n) is 6.40. The number of nitrogens with one attached hydrogen (secondary N) is 1. The molecule has 0 spiro atoms. The van der Waals surface area contributed by atoms with Crippen LogP contribution in [0.4, 0.5) is 10.1 Å². The molecule has 0 bridgehead atoms. The van der Waals surface area contributed by atoms with Crippen LogP contribution in [0.25, 0.3) is 33.3 Å². The minimum atomic E-state index is -0.331. The highest BCUT2D eigenvalue weighted by Crippen LogP contribution is 2.34. The maximum atomic E-state index is 15.1. The highest BCUT2D eigenvalue weighted by atomic mass is 19.1. The van der Waals surface area contributed by atoms with Crippen LogP contribution in [-0.2, 0) is 4.74 Å². The van der Waals surface area contributed by atoms with E-state index in [4.69, 9.17) is 4.74 Å². The standard InChI is InChI=1S/C25H22FN7O/c1-15(22-24-25(31-13-28-22)32-14-30-24)16-2-5-20(26)19(10-16)23-18-4-3-17(11-21(18)27-12-29-23)33-6-8-34-9-7-33/h2-5,10-15H,6-9H2,1H3,(H,28,30,31,32). The molecule has 0 radical (unpaired) electrons. The number of rotatable bonds is 4. The second kappa shape index (κ2) is 8.42. The number of ether oxygens (including phenoxy) is 1. The van der Waals surface area contributed by atoms with Crippen molar-refractivity contribution in [1.29, 1.82) is 0 Å². The van der Waals surface area contributed by atoms with Crippen molar-refractivity contribution >= 4 is 27.8 Å². The number of aromatic nitrogens is 6. The Hall–Kier alpha value is -3.98. The molecule has 0 saturated carbocycles. The molecule has 170 valence electrons. The first kappa shape index (κ1) is 20.6. The first-order valence-electron chi connectivity index (χ1n) is 11.2. The van der Waals surface area contributed by atoms with Crippen LogP contribution in [0.5, 0.6) is 0 Å². The van der Waals surface area contributed by atoms with Gasteiger partial charge >= 0.3 is 0 Å². The highest BCUT2D eigenvalue weighted by Gasteiger charge is 2.19. The zero-order valence-electron chi connectivity index (χ0n) is 18.6. The van der Waals surface area contributed by atoms with Crippen molar-refractivity contribution in [3.8, 4) is 11.3 Å². The molecule has 1 aliphatic rings. The average Bonchev–Trinajstić information content (AvgIpc) is 3.38. The van der Waals surface area contributed by atoms with Crippen LogP contribution in [0.15, 0.2) is 55.4 Å². The van der Waals surface area contributed by atoms with Crippen molar-refractivity contribution in [2.24, 2.45) is 0 Å². The number of halogens is 1. The van der Waals surface area contributed by atoms with Crippen LogP contribution in [-0.4, -0.2) is 56.2 Å². The Bertz CT molecular complexity index is 1500. The van der Waals surface area contributed by atoms with Crippen molar-refractivity contribution in [3.05, 3.63) is 72.5 Å². The van der Waals surface area contributed by atoms with Gasteiger partial charge in [0.15, 0.2) is 5.65 Å². The first-order chi connectivity index (χ1) is 16.7. The van der Waals surface area contributed by atoms with Crippen molar-refractivity contribution in [3.63, 3.8) is 0 Å². The molecule has 0 amide bonds. The zero-order valence-corrected chi connectivity index (χ0v) is 18.6. The second-order valence-electron chi connectivity index (χ2n) is 8.34. The lowest BCUT2D eigenvalue weighted by Crippen LogP contribution is -2.36. The lowest BCUT2D eigenvalue weighted by Gasteiger charge is -2.29. The molecule has 9 heteroatoms. The van der Waals surface area contributed by atoms with E-state index in [2.05, 4.69) is 34.8 Å². The summed E-state index contributed by atoms with van der Waals surface area (Å²) in [6, 6.07) is 11.2. The molecule has 1 saturated heterocycles. The summed E-state index contributed by atoms with van der Waals surface area (Å²) in [5.41, 5.74) is 5.98. The minimum absolute atomic E-state index is 0.105. The Balaban J connectivity index is 1.42. The third-order valence-corrected chi connectivity index (χ3v) is 6.40. The van der Waals surface area contributed by atoms with E-state index in [0.717, 1.165) is 46.5 Å². The van der Waals surface area contributed by atoms with Gasteiger partial charge in [-0.3, -0.25) is 0 Å². The quantitative estimate of drug-likeness (QED) is 0.436. The van der Waals surface area contributed by atoms with E-state index in [1.54, 1.807) is 12.4 Å². The fourth-order valence-corrected chi connectivity index (χ4v) is 4.54. The smallest absolute Gasteiger partial charge is 0.180 e. The molecular weight excluding hydrogens is 433 g/mol. The molecule has 5 aromatic rings. The molecule has 1 fully saturated rings. The van der Waals surface area contributed by atoms with Gasteiger partial charge in [0.25, 0.3) is 0 Å². The summed E-state index contributed by atoms with van der Waals surface area (Å²) in [5.74, 6) is -0.436. The summed E-state index contributed by atoms with van der Waals surface area (Å²) in [5, 5.41) is 0.807. The molecule has 8 nitrogen and oxygen atoms in total. The molecule has 1 aliphatic heterocycles. The van der Waals surface area contributed by atoms with Crippen molar-refractivity contribution in [2.75, 3.05) is 31.2 Å². The zero-order chi connectivity index (χ0) is 23.1. The number of hydrogen-bond acceptors (Lipinski definition) is 7. The van der Waals surface area contributed by atoms with E-state index < -0.39 is 0 Å². The van der Waals surface area contributed by atoms with Gasteiger partial charge in [0, 0.05) is 35.6 Å². The number of anilines is 1. The van der Waals surface area contributed by atoms with Gasteiger partial charge in [0.2, 0.25) is 0 Å². The number of aromatic amines is 1. The molecule has 6 rings (SSSR count). The van der Waals surface area contributed by atoms with E-state index >= 15 is 4.39 Å². The summed E-state index contributed by atoms with van der Waals surface area (Å²) in [6.45, 7) is 5.13. The maximum Gasteiger partial charge on any atom is 0.180 e. The number of imidazole rings is 1. The summed E-state index contributed by atoms with van der Waals surface area (Å²) < 4.78 is 20.6. The van der Waals surface area contributed by atoms with E-state index in [1.807, 2.05) is 31.2 Å². The molecule has 3 aromatic heterocycles. The number of hydrogen-bond donors (Lipinski definition) is 1. The Morgan fingerprint density at radius 2 is 1.82 bits per heavy atom. The molecular formula is C25H22FN7O. The van der Waals surface area contributed by atoms with Crippen LogP contribution >= 0.6 is 0 Å². The minimum Gasteiger partial charge on any atom is -0.378 e. The predicted octanol–water partition coefficient (Wildman–Crippen LogP) is 4.09. The summed E-state index contributed by atoms with van der Waals surface area (Å²) in [7, 11) is 0. The predicted molar refractivity (Wildman–Crippen MR) is 127 cm³/mol. The lowest BCUT2D eigenvalue weighted by atomic mass is 9.93. The Labute approximate surface area is 194 Å². The molecule has 4 heterocycles. The lowest BCUT2D eigenvalue weighted by molar-refractivity contribution is 0.122. The fraction of sp³-hybridized carbons (Fsp3) is 0.240. The normalized spacial score (nSPS) is 15.2. The SMILES string of the molecule is CC(c1ccc(F)c(-c2ncnc3cc(N4CCOCC4)ccc23)c1)c1ncnc2nc[nH]c12. The number of nitrogens with zero attached hydrogens (tertiary/aromatic N) is 6. The molecule has 2 aromatic carbocycles. The van der Waals surface area contributed by atoms with Gasteiger partial charge in [-0.1, -0.05) is 13.0 Å². The average molecular weight is 455 g/mol. The third kappa shape index (κ3) is 3.54. The number of H-pyrrole nitrogens is 1. The maximum absolute atomic E-state index is 15.1. The van der Waals surface area contributed by atoms with E-state index in [-0.39, 0.29) is 11.7 Å². The number of benzene rings is 2. The Kier molecular flexibility index (Phi) is 5.10. The second-order valence-corrected chi connectivity index (χ2v) is 8.34. The van der Waals surface area contributed by atoms with Gasteiger partial charge in [-0.05, 0) is 35.9 Å². The van der Waals surface area contributed by atoms with Gasteiger partial charge in [0.05, 0.1) is 36.4 Å². The fourth-order valence-electron chi connectivity index (χ4n) is 4.54. The Morgan fingerprint density at radius 3 is 2.71 bits per heavy atom. The van der Waals surface area contributed by atoms with E-state index in [1.165, 1.54) is 18.7 Å². The van der Waals surface area contributed by atoms with E-state index in [9.17, 15) is 0 Å². The molecule has 34 heavy (non-hydrogen) atoms. The van der Waals surface area contributed by atoms with Gasteiger partial charge in [-0.25, -0.2) is 29.3 Å². The molecule has 1 unspecified atom stereocenters. The van der Waals surface area contributed by atoms with Gasteiger partial charge < -0.3 is 14.6 Å². The summed E-state index contributed by atoms with van der Waals surface area (Å²) >= 11 is 0. The van der Waals surface area contributed by atoms with Gasteiger partial charge in [-0.2, -0.15) is 0 Å². The molecule has 1 atom stereocenters. The molecule has 1 N–H and O–H groups in total. The largest absolute Gasteiger partial charge is 0.378 e. The Morgan fingerprint density at radius 1 is 0.971 bits per heavy atom. The van der Waals surface area contributed by atoms with Crippen LogP contribution in [0.3, 0.4) is 0 Å². The summed E-state index contributed by atoms with van der Waals surface area (Å²) in [6.07, 6.45) is 4.60. The van der Waals surface area contributed by atoms with E-state index in [0.29, 0.717) is 30.1 Å². The monoisotopic (exact) mass is 455 g/mol.